The molecule has 1 saturated carbocycles. The van der Waals surface area contributed by atoms with Crippen LogP contribution in [-0.4, -0.2) is 52.8 Å². The first-order valence-corrected chi connectivity index (χ1v) is 11.0. The van der Waals surface area contributed by atoms with E-state index in [-0.39, 0.29) is 0 Å². The molecular formula is C22H29N7O. The molecule has 30 heavy (non-hydrogen) atoms. The number of aromatic nitrogens is 4. The van der Waals surface area contributed by atoms with Crippen molar-refractivity contribution in [3.8, 4) is 0 Å². The topological polar surface area (TPSA) is 91.0 Å². The summed E-state index contributed by atoms with van der Waals surface area (Å²) in [5.74, 6) is 2.09. The number of imidazole rings is 1. The SMILES string of the molecule is c1nc2nc(Nc3ccc(N4CCOCC4)cc3)nc(NCC3CCCCC3)c2[nH]1. The Morgan fingerprint density at radius 2 is 1.83 bits per heavy atom. The van der Waals surface area contributed by atoms with Crippen LogP contribution in [0.5, 0.6) is 0 Å². The Bertz CT molecular complexity index is 959. The van der Waals surface area contributed by atoms with Crippen LogP contribution in [0.4, 0.5) is 23.1 Å². The van der Waals surface area contributed by atoms with E-state index in [2.05, 4.69) is 54.8 Å². The number of anilines is 4. The quantitative estimate of drug-likeness (QED) is 0.570. The molecule has 1 aliphatic heterocycles. The lowest BCUT2D eigenvalue weighted by atomic mass is 9.89. The number of hydrogen-bond acceptors (Lipinski definition) is 7. The maximum Gasteiger partial charge on any atom is 0.231 e. The van der Waals surface area contributed by atoms with E-state index in [9.17, 15) is 0 Å². The van der Waals surface area contributed by atoms with Crippen LogP contribution in [-0.2, 0) is 4.74 Å². The molecule has 3 N–H and O–H groups in total. The van der Waals surface area contributed by atoms with Crippen LogP contribution in [0, 0.1) is 5.92 Å². The first-order valence-electron chi connectivity index (χ1n) is 11.0. The summed E-state index contributed by atoms with van der Waals surface area (Å²) >= 11 is 0. The molecule has 158 valence electrons. The van der Waals surface area contributed by atoms with E-state index in [1.165, 1.54) is 37.8 Å². The number of fused-ring (bicyclic) bond motifs is 1. The molecule has 1 aromatic carbocycles. The van der Waals surface area contributed by atoms with Crippen LogP contribution < -0.4 is 15.5 Å². The van der Waals surface area contributed by atoms with Crippen LogP contribution in [0.25, 0.3) is 11.2 Å². The zero-order valence-electron chi connectivity index (χ0n) is 17.2. The fraction of sp³-hybridized carbons (Fsp3) is 0.500. The molecule has 0 bridgehead atoms. The third-order valence-electron chi connectivity index (χ3n) is 6.07. The highest BCUT2D eigenvalue weighted by molar-refractivity contribution is 5.84. The molecule has 2 aliphatic rings. The zero-order chi connectivity index (χ0) is 20.2. The lowest BCUT2D eigenvalue weighted by molar-refractivity contribution is 0.122. The lowest BCUT2D eigenvalue weighted by Crippen LogP contribution is -2.36. The van der Waals surface area contributed by atoms with Crippen LogP contribution >= 0.6 is 0 Å². The summed E-state index contributed by atoms with van der Waals surface area (Å²) < 4.78 is 5.44. The number of rotatable bonds is 6. The zero-order valence-corrected chi connectivity index (χ0v) is 17.2. The van der Waals surface area contributed by atoms with Gasteiger partial charge in [0, 0.05) is 31.0 Å². The number of morpholine rings is 1. The first kappa shape index (κ1) is 19.1. The summed E-state index contributed by atoms with van der Waals surface area (Å²) in [7, 11) is 0. The molecule has 0 atom stereocenters. The average molecular weight is 408 g/mol. The van der Waals surface area contributed by atoms with Gasteiger partial charge in [-0.3, -0.25) is 0 Å². The second kappa shape index (κ2) is 8.87. The van der Waals surface area contributed by atoms with Crippen molar-refractivity contribution in [2.75, 3.05) is 48.4 Å². The molecule has 5 rings (SSSR count). The van der Waals surface area contributed by atoms with Gasteiger partial charge in [-0.15, -0.1) is 0 Å². The Morgan fingerprint density at radius 3 is 2.63 bits per heavy atom. The molecule has 2 fully saturated rings. The minimum Gasteiger partial charge on any atom is -0.378 e. The van der Waals surface area contributed by atoms with Gasteiger partial charge in [-0.25, -0.2) is 4.98 Å². The maximum absolute atomic E-state index is 5.44. The number of aromatic amines is 1. The summed E-state index contributed by atoms with van der Waals surface area (Å²) in [4.78, 5) is 19.2. The second-order valence-corrected chi connectivity index (χ2v) is 8.15. The summed E-state index contributed by atoms with van der Waals surface area (Å²) in [6.07, 6.45) is 8.31. The van der Waals surface area contributed by atoms with Crippen LogP contribution in [0.15, 0.2) is 30.6 Å². The second-order valence-electron chi connectivity index (χ2n) is 8.15. The normalized spacial score (nSPS) is 17.9. The van der Waals surface area contributed by atoms with E-state index >= 15 is 0 Å². The minimum absolute atomic E-state index is 0.555. The third kappa shape index (κ3) is 4.33. The fourth-order valence-corrected chi connectivity index (χ4v) is 4.36. The van der Waals surface area contributed by atoms with Gasteiger partial charge in [-0.2, -0.15) is 9.97 Å². The van der Waals surface area contributed by atoms with Gasteiger partial charge in [0.25, 0.3) is 0 Å². The van der Waals surface area contributed by atoms with Gasteiger partial charge in [0.05, 0.1) is 19.5 Å². The molecule has 0 amide bonds. The third-order valence-corrected chi connectivity index (χ3v) is 6.07. The number of benzene rings is 1. The molecule has 0 spiro atoms. The summed E-state index contributed by atoms with van der Waals surface area (Å²) in [5.41, 5.74) is 3.70. The van der Waals surface area contributed by atoms with Crippen molar-refractivity contribution in [2.45, 2.75) is 32.1 Å². The van der Waals surface area contributed by atoms with E-state index in [0.29, 0.717) is 11.6 Å². The van der Waals surface area contributed by atoms with E-state index < -0.39 is 0 Å². The van der Waals surface area contributed by atoms with Crippen molar-refractivity contribution in [1.82, 2.24) is 19.9 Å². The standard InChI is InChI=1S/C22H29N7O/c1-2-4-16(5-3-1)14-23-20-19-21(25-15-24-19)28-22(27-20)26-17-6-8-18(9-7-17)29-10-12-30-13-11-29/h6-9,15-16H,1-5,10-14H2,(H3,23,24,25,26,27,28). The van der Waals surface area contributed by atoms with E-state index in [0.717, 1.165) is 55.8 Å². The lowest BCUT2D eigenvalue weighted by Gasteiger charge is -2.28. The van der Waals surface area contributed by atoms with Crippen LogP contribution in [0.2, 0.25) is 0 Å². The van der Waals surface area contributed by atoms with Crippen molar-refractivity contribution in [1.29, 1.82) is 0 Å². The Balaban J connectivity index is 1.30. The van der Waals surface area contributed by atoms with Gasteiger partial charge in [-0.1, -0.05) is 19.3 Å². The van der Waals surface area contributed by atoms with Crippen molar-refractivity contribution in [2.24, 2.45) is 5.92 Å². The van der Waals surface area contributed by atoms with Crippen molar-refractivity contribution < 1.29 is 4.74 Å². The van der Waals surface area contributed by atoms with E-state index in [4.69, 9.17) is 9.72 Å². The summed E-state index contributed by atoms with van der Waals surface area (Å²) in [5, 5.41) is 6.88. The summed E-state index contributed by atoms with van der Waals surface area (Å²) in [6, 6.07) is 8.39. The van der Waals surface area contributed by atoms with Crippen molar-refractivity contribution in [3.63, 3.8) is 0 Å². The highest BCUT2D eigenvalue weighted by Gasteiger charge is 2.16. The predicted octanol–water partition coefficient (Wildman–Crippen LogP) is 3.93. The van der Waals surface area contributed by atoms with Crippen LogP contribution in [0.1, 0.15) is 32.1 Å². The Morgan fingerprint density at radius 1 is 1.03 bits per heavy atom. The fourth-order valence-electron chi connectivity index (χ4n) is 4.36. The number of nitrogens with zero attached hydrogens (tertiary/aromatic N) is 4. The highest BCUT2D eigenvalue weighted by atomic mass is 16.5. The monoisotopic (exact) mass is 407 g/mol. The van der Waals surface area contributed by atoms with E-state index in [1.807, 2.05) is 0 Å². The van der Waals surface area contributed by atoms with E-state index in [1.54, 1.807) is 6.33 Å². The number of H-pyrrole nitrogens is 1. The molecule has 1 aliphatic carbocycles. The molecule has 3 aromatic rings. The van der Waals surface area contributed by atoms with Crippen LogP contribution in [0.3, 0.4) is 0 Å². The maximum atomic E-state index is 5.44. The molecule has 0 unspecified atom stereocenters. The summed E-state index contributed by atoms with van der Waals surface area (Å²) in [6.45, 7) is 4.38. The highest BCUT2D eigenvalue weighted by Crippen LogP contribution is 2.26. The largest absolute Gasteiger partial charge is 0.378 e. The smallest absolute Gasteiger partial charge is 0.231 e. The molecule has 3 heterocycles. The Hall–Kier alpha value is -2.87. The number of ether oxygens (including phenoxy) is 1. The van der Waals surface area contributed by atoms with Gasteiger partial charge < -0.3 is 25.3 Å². The Kier molecular flexibility index (Phi) is 5.65. The molecular weight excluding hydrogens is 378 g/mol. The molecule has 0 radical (unpaired) electrons. The molecule has 1 saturated heterocycles. The van der Waals surface area contributed by atoms with Gasteiger partial charge in [0.2, 0.25) is 5.95 Å². The minimum atomic E-state index is 0.555. The van der Waals surface area contributed by atoms with Gasteiger partial charge >= 0.3 is 0 Å². The molecule has 2 aromatic heterocycles. The van der Waals surface area contributed by atoms with Crippen molar-refractivity contribution >= 4 is 34.3 Å². The number of hydrogen-bond donors (Lipinski definition) is 3. The van der Waals surface area contributed by atoms with Gasteiger partial charge in [-0.05, 0) is 43.0 Å². The predicted molar refractivity (Wildman–Crippen MR) is 120 cm³/mol. The van der Waals surface area contributed by atoms with Gasteiger partial charge in [0.15, 0.2) is 11.5 Å². The van der Waals surface area contributed by atoms with Crippen molar-refractivity contribution in [3.05, 3.63) is 30.6 Å². The van der Waals surface area contributed by atoms with Gasteiger partial charge in [0.1, 0.15) is 5.52 Å². The Labute approximate surface area is 176 Å². The number of nitrogens with one attached hydrogen (secondary N) is 3. The molecule has 8 heteroatoms. The average Bonchev–Trinajstić information content (AvgIpc) is 3.28. The molecule has 8 nitrogen and oxygen atoms in total. The first-order chi connectivity index (χ1) is 14.8.